The third-order valence-electron chi connectivity index (χ3n) is 8.11. The van der Waals surface area contributed by atoms with Crippen LogP contribution < -0.4 is 9.47 Å². The van der Waals surface area contributed by atoms with Gasteiger partial charge in [0.25, 0.3) is 0 Å². The summed E-state index contributed by atoms with van der Waals surface area (Å²) in [4.78, 5) is 0. The Balaban J connectivity index is 1.27. The number of allylic oxidation sites excluding steroid dienone is 2. The second kappa shape index (κ2) is 13.8. The average molecular weight is 665 g/mol. The molecule has 0 radical (unpaired) electrons. The van der Waals surface area contributed by atoms with Gasteiger partial charge < -0.3 is 9.47 Å². The fourth-order valence-electron chi connectivity index (χ4n) is 5.80. The highest BCUT2D eigenvalue weighted by Gasteiger charge is 2.41. The maximum Gasteiger partial charge on any atom is 0.573 e. The number of rotatable bonds is 9. The summed E-state index contributed by atoms with van der Waals surface area (Å²) in [5.74, 6) is -6.22. The van der Waals surface area contributed by atoms with Gasteiger partial charge >= 0.3 is 12.5 Å². The first kappa shape index (κ1) is 33.9. The van der Waals surface area contributed by atoms with E-state index in [0.29, 0.717) is 36.0 Å². The van der Waals surface area contributed by atoms with Crippen LogP contribution in [0.5, 0.6) is 11.5 Å². The van der Waals surface area contributed by atoms with E-state index in [1.165, 1.54) is 24.3 Å². The Morgan fingerprint density at radius 3 is 1.83 bits per heavy atom. The molecule has 47 heavy (non-hydrogen) atoms. The number of ether oxygens (including phenoxy) is 2. The monoisotopic (exact) mass is 664 g/mol. The van der Waals surface area contributed by atoms with E-state index in [0.717, 1.165) is 61.7 Å². The molecule has 0 atom stereocenters. The molecule has 0 unspecified atom stereocenters. The minimum Gasteiger partial charge on any atom is -0.429 e. The standard InChI is InChI=1S/C36H29F9O2/c1-2-3-4-21-5-7-23(8-6-21)26-19-31(39)34(32(40)20-26)35(41,42)46-27-13-9-22(10-14-27)24-11-15-28(29(37)17-24)25-12-16-33(30(38)18-25)47-36(43,44)45/h3-4,9-21,23H,2,5-8H2,1H3/b4-3+. The summed E-state index contributed by atoms with van der Waals surface area (Å²) >= 11 is 0. The first-order valence-electron chi connectivity index (χ1n) is 14.9. The third kappa shape index (κ3) is 8.12. The van der Waals surface area contributed by atoms with Crippen molar-refractivity contribution < 1.29 is 49.0 Å². The predicted molar refractivity (Wildman–Crippen MR) is 159 cm³/mol. The molecular formula is C36H29F9O2. The van der Waals surface area contributed by atoms with Gasteiger partial charge in [-0.2, -0.15) is 8.78 Å². The molecule has 2 nitrogen and oxygen atoms in total. The van der Waals surface area contributed by atoms with E-state index in [1.807, 2.05) is 6.92 Å². The molecule has 1 fully saturated rings. The Kier molecular flexibility index (Phi) is 9.93. The van der Waals surface area contributed by atoms with Crippen molar-refractivity contribution in [2.75, 3.05) is 0 Å². The third-order valence-corrected chi connectivity index (χ3v) is 8.11. The lowest BCUT2D eigenvalue weighted by Crippen LogP contribution is -2.25. The van der Waals surface area contributed by atoms with Gasteiger partial charge in [-0.05, 0) is 109 Å². The van der Waals surface area contributed by atoms with Gasteiger partial charge in [0.2, 0.25) is 0 Å². The van der Waals surface area contributed by atoms with Crippen molar-refractivity contribution in [2.45, 2.75) is 57.4 Å². The summed E-state index contributed by atoms with van der Waals surface area (Å²) in [6.45, 7) is 2.04. The Labute approximate surface area is 265 Å². The van der Waals surface area contributed by atoms with Crippen LogP contribution in [0, 0.1) is 29.2 Å². The van der Waals surface area contributed by atoms with Crippen molar-refractivity contribution in [1.82, 2.24) is 0 Å². The van der Waals surface area contributed by atoms with Gasteiger partial charge in [-0.3, -0.25) is 0 Å². The summed E-state index contributed by atoms with van der Waals surface area (Å²) in [6, 6.07) is 13.0. The summed E-state index contributed by atoms with van der Waals surface area (Å²) in [5, 5.41) is 0. The summed E-state index contributed by atoms with van der Waals surface area (Å²) in [7, 11) is 0. The molecule has 0 amide bonds. The predicted octanol–water partition coefficient (Wildman–Crippen LogP) is 11.8. The summed E-state index contributed by atoms with van der Waals surface area (Å²) in [5.41, 5.74) is -0.697. The normalized spacial score (nSPS) is 17.2. The highest BCUT2D eigenvalue weighted by atomic mass is 19.4. The zero-order valence-corrected chi connectivity index (χ0v) is 25.0. The smallest absolute Gasteiger partial charge is 0.429 e. The number of alkyl halides is 5. The van der Waals surface area contributed by atoms with Gasteiger partial charge in [0.15, 0.2) is 11.6 Å². The molecule has 5 rings (SSSR count). The SMILES string of the molecule is CC/C=C/C1CCC(c2cc(F)c(C(F)(F)Oc3ccc(-c4ccc(-c5ccc(OC(F)(F)F)c(F)c5)c(F)c4)cc3)c(F)c2)CC1. The maximum absolute atomic E-state index is 15.1. The number of benzene rings is 4. The van der Waals surface area contributed by atoms with Crippen LogP contribution in [0.1, 0.15) is 56.1 Å². The number of halogens is 9. The lowest BCUT2D eigenvalue weighted by molar-refractivity contribution is -0.275. The highest BCUT2D eigenvalue weighted by Crippen LogP contribution is 2.41. The van der Waals surface area contributed by atoms with Crippen molar-refractivity contribution >= 4 is 0 Å². The van der Waals surface area contributed by atoms with Crippen LogP contribution in [-0.4, -0.2) is 6.36 Å². The molecule has 0 heterocycles. The van der Waals surface area contributed by atoms with Gasteiger partial charge in [-0.1, -0.05) is 49.4 Å². The Morgan fingerprint density at radius 1 is 0.660 bits per heavy atom. The van der Waals surface area contributed by atoms with Gasteiger partial charge in [0.1, 0.15) is 28.8 Å². The molecule has 1 aliphatic rings. The zero-order valence-electron chi connectivity index (χ0n) is 25.0. The van der Waals surface area contributed by atoms with E-state index in [-0.39, 0.29) is 22.6 Å². The topological polar surface area (TPSA) is 18.5 Å². The molecule has 0 aromatic heterocycles. The Morgan fingerprint density at radius 2 is 1.26 bits per heavy atom. The van der Waals surface area contributed by atoms with Crippen LogP contribution in [-0.2, 0) is 6.11 Å². The van der Waals surface area contributed by atoms with E-state index in [2.05, 4.69) is 16.9 Å². The molecule has 0 saturated heterocycles. The van der Waals surface area contributed by atoms with Crippen molar-refractivity contribution in [3.05, 3.63) is 119 Å². The van der Waals surface area contributed by atoms with E-state index >= 15 is 8.78 Å². The Bertz CT molecular complexity index is 1720. The van der Waals surface area contributed by atoms with Gasteiger partial charge in [-0.15, -0.1) is 13.2 Å². The number of hydrogen-bond acceptors (Lipinski definition) is 2. The minimum absolute atomic E-state index is 0.0493. The maximum atomic E-state index is 15.1. The number of hydrogen-bond donors (Lipinski definition) is 0. The molecule has 4 aromatic rings. The van der Waals surface area contributed by atoms with Crippen LogP contribution in [0.4, 0.5) is 39.5 Å². The van der Waals surface area contributed by atoms with Gasteiger partial charge in [-0.25, -0.2) is 17.6 Å². The second-order valence-corrected chi connectivity index (χ2v) is 11.3. The summed E-state index contributed by atoms with van der Waals surface area (Å²) < 4.78 is 135. The van der Waals surface area contributed by atoms with Crippen molar-refractivity contribution in [3.63, 3.8) is 0 Å². The highest BCUT2D eigenvalue weighted by molar-refractivity contribution is 5.71. The van der Waals surface area contributed by atoms with E-state index in [9.17, 15) is 30.7 Å². The fraction of sp³-hybridized carbons (Fsp3) is 0.278. The van der Waals surface area contributed by atoms with Crippen molar-refractivity contribution in [1.29, 1.82) is 0 Å². The van der Waals surface area contributed by atoms with Gasteiger partial charge in [0, 0.05) is 5.56 Å². The van der Waals surface area contributed by atoms with Crippen LogP contribution >= 0.6 is 0 Å². The van der Waals surface area contributed by atoms with Gasteiger partial charge in [0.05, 0.1) is 0 Å². The van der Waals surface area contributed by atoms with Crippen LogP contribution in [0.15, 0.2) is 84.9 Å². The molecule has 248 valence electrons. The minimum atomic E-state index is -5.10. The van der Waals surface area contributed by atoms with E-state index < -0.39 is 52.8 Å². The van der Waals surface area contributed by atoms with E-state index in [4.69, 9.17) is 4.74 Å². The molecule has 4 aromatic carbocycles. The molecule has 0 spiro atoms. The first-order chi connectivity index (χ1) is 22.2. The second-order valence-electron chi connectivity index (χ2n) is 11.3. The zero-order chi connectivity index (χ0) is 33.9. The Hall–Kier alpha value is -4.41. The van der Waals surface area contributed by atoms with Crippen molar-refractivity contribution in [3.8, 4) is 33.8 Å². The quantitative estimate of drug-likeness (QED) is 0.131. The van der Waals surface area contributed by atoms with Crippen LogP contribution in [0.25, 0.3) is 22.3 Å². The molecule has 1 saturated carbocycles. The fourth-order valence-corrected chi connectivity index (χ4v) is 5.80. The average Bonchev–Trinajstić information content (AvgIpc) is 3.00. The molecule has 0 bridgehead atoms. The molecular weight excluding hydrogens is 635 g/mol. The molecule has 1 aliphatic carbocycles. The lowest BCUT2D eigenvalue weighted by atomic mass is 9.78. The molecule has 11 heteroatoms. The van der Waals surface area contributed by atoms with Crippen LogP contribution in [0.3, 0.4) is 0 Å². The lowest BCUT2D eigenvalue weighted by Gasteiger charge is -2.28. The van der Waals surface area contributed by atoms with Crippen LogP contribution in [0.2, 0.25) is 0 Å². The largest absolute Gasteiger partial charge is 0.573 e. The van der Waals surface area contributed by atoms with E-state index in [1.54, 1.807) is 0 Å². The van der Waals surface area contributed by atoms with Crippen molar-refractivity contribution in [2.24, 2.45) is 5.92 Å². The first-order valence-corrected chi connectivity index (χ1v) is 14.9. The molecule has 0 N–H and O–H groups in total. The molecule has 0 aliphatic heterocycles. The summed E-state index contributed by atoms with van der Waals surface area (Å²) in [6.07, 6.45) is -1.23.